The molecule has 0 saturated carbocycles. The smallest absolute Gasteiger partial charge is 0.406 e. The Balaban J connectivity index is 2.78. The van der Waals surface area contributed by atoms with Crippen molar-refractivity contribution in [1.29, 1.82) is 0 Å². The molecule has 0 unspecified atom stereocenters. The fourth-order valence-corrected chi connectivity index (χ4v) is 1.85. The molecule has 0 heterocycles. The van der Waals surface area contributed by atoms with Gasteiger partial charge in [0.05, 0.1) is 0 Å². The molecule has 1 aromatic carbocycles. The summed E-state index contributed by atoms with van der Waals surface area (Å²) in [4.78, 5) is 11.2. The van der Waals surface area contributed by atoms with Crippen LogP contribution in [0.1, 0.15) is 25.3 Å². The number of primary amides is 1. The zero-order valence-corrected chi connectivity index (χ0v) is 10.5. The van der Waals surface area contributed by atoms with Gasteiger partial charge in [-0.15, -0.1) is 13.2 Å². The van der Waals surface area contributed by atoms with Gasteiger partial charge >= 0.3 is 6.36 Å². The van der Waals surface area contributed by atoms with Gasteiger partial charge < -0.3 is 10.5 Å². The van der Waals surface area contributed by atoms with Gasteiger partial charge in [-0.3, -0.25) is 4.79 Å². The van der Waals surface area contributed by atoms with E-state index in [1.807, 2.05) is 6.92 Å². The molecule has 2 N–H and O–H groups in total. The first-order valence-electron chi connectivity index (χ1n) is 5.96. The van der Waals surface area contributed by atoms with Crippen LogP contribution in [0, 0.1) is 5.92 Å². The summed E-state index contributed by atoms with van der Waals surface area (Å²) in [6.07, 6.45) is -3.00. The van der Waals surface area contributed by atoms with Crippen LogP contribution in [0.25, 0.3) is 0 Å². The van der Waals surface area contributed by atoms with Gasteiger partial charge in [0.1, 0.15) is 5.75 Å². The lowest BCUT2D eigenvalue weighted by atomic mass is 9.94. The Morgan fingerprint density at radius 3 is 2.63 bits per heavy atom. The van der Waals surface area contributed by atoms with Gasteiger partial charge in [-0.25, -0.2) is 0 Å². The summed E-state index contributed by atoms with van der Waals surface area (Å²) < 4.78 is 40.1. The predicted molar refractivity (Wildman–Crippen MR) is 64.4 cm³/mol. The lowest BCUT2D eigenvalue weighted by Crippen LogP contribution is -2.25. The Morgan fingerprint density at radius 2 is 2.11 bits per heavy atom. The number of ether oxygens (including phenoxy) is 1. The maximum absolute atomic E-state index is 12.1. The van der Waals surface area contributed by atoms with Gasteiger partial charge in [-0.05, 0) is 30.5 Å². The van der Waals surface area contributed by atoms with Crippen LogP contribution >= 0.6 is 0 Å². The van der Waals surface area contributed by atoms with Crippen LogP contribution in [-0.2, 0) is 11.2 Å². The predicted octanol–water partition coefficient (Wildman–Crippen LogP) is 3.03. The highest BCUT2D eigenvalue weighted by Crippen LogP contribution is 2.24. The van der Waals surface area contributed by atoms with E-state index < -0.39 is 12.3 Å². The van der Waals surface area contributed by atoms with E-state index in [-0.39, 0.29) is 11.7 Å². The summed E-state index contributed by atoms with van der Waals surface area (Å²) >= 11 is 0. The molecular weight excluding hydrogens is 259 g/mol. The van der Waals surface area contributed by atoms with E-state index in [9.17, 15) is 18.0 Å². The Labute approximate surface area is 109 Å². The molecule has 1 amide bonds. The Kier molecular flexibility index (Phi) is 5.20. The van der Waals surface area contributed by atoms with Crippen molar-refractivity contribution in [3.05, 3.63) is 29.8 Å². The monoisotopic (exact) mass is 275 g/mol. The van der Waals surface area contributed by atoms with Crippen molar-refractivity contribution in [1.82, 2.24) is 0 Å². The van der Waals surface area contributed by atoms with Gasteiger partial charge in [0, 0.05) is 5.92 Å². The lowest BCUT2D eigenvalue weighted by Gasteiger charge is -2.14. The number of alkyl halides is 3. The molecule has 0 aromatic heterocycles. The van der Waals surface area contributed by atoms with E-state index >= 15 is 0 Å². The van der Waals surface area contributed by atoms with Crippen molar-refractivity contribution in [3.8, 4) is 5.75 Å². The van der Waals surface area contributed by atoms with Crippen LogP contribution in [-0.4, -0.2) is 12.3 Å². The standard InChI is InChI=1S/C13H16F3NO2/c1-2-4-10(12(17)18)7-9-5-3-6-11(8-9)19-13(14,15)16/h3,5-6,8,10H,2,4,7H2,1H3,(H2,17,18)/t10-/m1/s1. The average Bonchev–Trinajstić information content (AvgIpc) is 2.26. The van der Waals surface area contributed by atoms with Crippen LogP contribution in [0.15, 0.2) is 24.3 Å². The number of carbonyl (C=O) groups excluding carboxylic acids is 1. The summed E-state index contributed by atoms with van der Waals surface area (Å²) in [5.41, 5.74) is 5.86. The maximum atomic E-state index is 12.1. The number of halogens is 3. The zero-order chi connectivity index (χ0) is 14.5. The first kappa shape index (κ1) is 15.3. The molecule has 0 aliphatic heterocycles. The number of hydrogen-bond acceptors (Lipinski definition) is 2. The van der Waals surface area contributed by atoms with Gasteiger partial charge in [0.25, 0.3) is 0 Å². The third-order valence-electron chi connectivity index (χ3n) is 2.65. The van der Waals surface area contributed by atoms with Crippen molar-refractivity contribution in [2.24, 2.45) is 11.7 Å². The SMILES string of the molecule is CCC[C@H](Cc1cccc(OC(F)(F)F)c1)C(N)=O. The first-order chi connectivity index (χ1) is 8.81. The van der Waals surface area contributed by atoms with Crippen molar-refractivity contribution >= 4 is 5.91 Å². The number of rotatable bonds is 6. The average molecular weight is 275 g/mol. The molecule has 19 heavy (non-hydrogen) atoms. The molecule has 0 aliphatic rings. The summed E-state index contributed by atoms with van der Waals surface area (Å²) in [5, 5.41) is 0. The second-order valence-corrected chi connectivity index (χ2v) is 4.29. The molecule has 0 spiro atoms. The van der Waals surface area contributed by atoms with E-state index in [0.717, 1.165) is 6.42 Å². The summed E-state index contributed by atoms with van der Waals surface area (Å²) in [7, 11) is 0. The summed E-state index contributed by atoms with van der Waals surface area (Å²) in [6, 6.07) is 5.60. The number of carbonyl (C=O) groups is 1. The molecule has 1 aromatic rings. The molecule has 0 aliphatic carbocycles. The molecule has 0 bridgehead atoms. The Morgan fingerprint density at radius 1 is 1.42 bits per heavy atom. The third-order valence-corrected chi connectivity index (χ3v) is 2.65. The van der Waals surface area contributed by atoms with Crippen LogP contribution in [0.2, 0.25) is 0 Å². The van der Waals surface area contributed by atoms with Gasteiger partial charge in [0.2, 0.25) is 5.91 Å². The van der Waals surface area contributed by atoms with E-state index in [2.05, 4.69) is 4.74 Å². The van der Waals surface area contributed by atoms with Crippen molar-refractivity contribution in [2.45, 2.75) is 32.5 Å². The van der Waals surface area contributed by atoms with Gasteiger partial charge in [-0.2, -0.15) is 0 Å². The number of nitrogens with two attached hydrogens (primary N) is 1. The van der Waals surface area contributed by atoms with Gasteiger partial charge in [-0.1, -0.05) is 25.5 Å². The number of hydrogen-bond donors (Lipinski definition) is 1. The van der Waals surface area contributed by atoms with Crippen molar-refractivity contribution < 1.29 is 22.7 Å². The van der Waals surface area contributed by atoms with Crippen LogP contribution in [0.4, 0.5) is 13.2 Å². The van der Waals surface area contributed by atoms with Crippen LogP contribution in [0.5, 0.6) is 5.75 Å². The summed E-state index contributed by atoms with van der Waals surface area (Å²) in [5.74, 6) is -1.10. The maximum Gasteiger partial charge on any atom is 0.573 e. The minimum atomic E-state index is -4.72. The minimum absolute atomic E-state index is 0.287. The molecule has 0 fully saturated rings. The zero-order valence-electron chi connectivity index (χ0n) is 10.5. The quantitative estimate of drug-likeness (QED) is 0.867. The summed E-state index contributed by atoms with van der Waals surface area (Å²) in [6.45, 7) is 1.92. The third kappa shape index (κ3) is 5.63. The molecule has 6 heteroatoms. The second-order valence-electron chi connectivity index (χ2n) is 4.29. The fourth-order valence-electron chi connectivity index (χ4n) is 1.85. The van der Waals surface area contributed by atoms with E-state index in [1.54, 1.807) is 6.07 Å². The van der Waals surface area contributed by atoms with Crippen molar-refractivity contribution in [2.75, 3.05) is 0 Å². The lowest BCUT2D eigenvalue weighted by molar-refractivity contribution is -0.274. The number of amides is 1. The van der Waals surface area contributed by atoms with Crippen LogP contribution in [0.3, 0.4) is 0 Å². The minimum Gasteiger partial charge on any atom is -0.406 e. The molecule has 0 radical (unpaired) electrons. The molecule has 0 saturated heterocycles. The second kappa shape index (κ2) is 6.45. The molecule has 3 nitrogen and oxygen atoms in total. The van der Waals surface area contributed by atoms with E-state index in [4.69, 9.17) is 5.73 Å². The molecule has 106 valence electrons. The topological polar surface area (TPSA) is 52.3 Å². The Hall–Kier alpha value is -1.72. The fraction of sp³-hybridized carbons (Fsp3) is 0.462. The van der Waals surface area contributed by atoms with Crippen LogP contribution < -0.4 is 10.5 Å². The molecule has 1 atom stereocenters. The highest BCUT2D eigenvalue weighted by atomic mass is 19.4. The van der Waals surface area contributed by atoms with E-state index in [0.29, 0.717) is 18.4 Å². The van der Waals surface area contributed by atoms with E-state index in [1.165, 1.54) is 18.2 Å². The normalized spacial score (nSPS) is 13.1. The van der Waals surface area contributed by atoms with Gasteiger partial charge in [0.15, 0.2) is 0 Å². The Bertz CT molecular complexity index is 432. The number of benzene rings is 1. The largest absolute Gasteiger partial charge is 0.573 e. The molecule has 1 rings (SSSR count). The highest BCUT2D eigenvalue weighted by molar-refractivity contribution is 5.76. The first-order valence-corrected chi connectivity index (χ1v) is 5.96. The van der Waals surface area contributed by atoms with Crippen molar-refractivity contribution in [3.63, 3.8) is 0 Å². The highest BCUT2D eigenvalue weighted by Gasteiger charge is 2.31. The molecular formula is C13H16F3NO2.